The summed E-state index contributed by atoms with van der Waals surface area (Å²) in [7, 11) is -4.43. The summed E-state index contributed by atoms with van der Waals surface area (Å²) in [6, 6.07) is 24.5. The first kappa shape index (κ1) is 34.4. The molecule has 47 heavy (non-hydrogen) atoms. The first-order chi connectivity index (χ1) is 22.5. The van der Waals surface area contributed by atoms with Crippen LogP contribution >= 0.6 is 23.2 Å². The van der Waals surface area contributed by atoms with Gasteiger partial charge in [-0.1, -0.05) is 102 Å². The molecule has 7 nitrogen and oxygen atoms in total. The Balaban J connectivity index is 1.59. The second kappa shape index (κ2) is 15.3. The van der Waals surface area contributed by atoms with Crippen LogP contribution < -0.4 is 9.62 Å². The molecule has 0 heterocycles. The quantitative estimate of drug-likeness (QED) is 0.168. The van der Waals surface area contributed by atoms with Gasteiger partial charge in [0.25, 0.3) is 10.0 Å². The fraction of sp³-hybridized carbons (Fsp3) is 0.278. The van der Waals surface area contributed by atoms with Crippen LogP contribution in [0.15, 0.2) is 102 Å². The van der Waals surface area contributed by atoms with Gasteiger partial charge >= 0.3 is 0 Å². The minimum atomic E-state index is -4.43. The van der Waals surface area contributed by atoms with Gasteiger partial charge in [0.05, 0.1) is 10.6 Å². The second-order valence-electron chi connectivity index (χ2n) is 11.7. The van der Waals surface area contributed by atoms with Crippen molar-refractivity contribution < 1.29 is 22.4 Å². The van der Waals surface area contributed by atoms with Gasteiger partial charge in [0.15, 0.2) is 0 Å². The molecule has 0 saturated heterocycles. The summed E-state index contributed by atoms with van der Waals surface area (Å²) in [6.45, 7) is 0.919. The number of nitrogens with zero attached hydrogens (tertiary/aromatic N) is 2. The van der Waals surface area contributed by atoms with E-state index in [-0.39, 0.29) is 40.5 Å². The van der Waals surface area contributed by atoms with Crippen molar-refractivity contribution in [1.82, 2.24) is 10.2 Å². The van der Waals surface area contributed by atoms with E-state index in [1.54, 1.807) is 30.3 Å². The summed E-state index contributed by atoms with van der Waals surface area (Å²) < 4.78 is 44.3. The zero-order valence-corrected chi connectivity index (χ0v) is 28.2. The van der Waals surface area contributed by atoms with Gasteiger partial charge in [0.1, 0.15) is 18.4 Å². The summed E-state index contributed by atoms with van der Waals surface area (Å²) in [5.74, 6) is -1.89. The molecule has 1 fully saturated rings. The third kappa shape index (κ3) is 8.52. The minimum absolute atomic E-state index is 0.0336. The van der Waals surface area contributed by atoms with Crippen LogP contribution in [0.5, 0.6) is 0 Å². The number of rotatable bonds is 12. The molecule has 1 atom stereocenters. The first-order valence-corrected chi connectivity index (χ1v) is 17.6. The number of anilines is 1. The molecule has 0 aromatic heterocycles. The van der Waals surface area contributed by atoms with Crippen molar-refractivity contribution >= 4 is 50.7 Å². The summed E-state index contributed by atoms with van der Waals surface area (Å²) >= 11 is 12.7. The number of hydrogen-bond acceptors (Lipinski definition) is 4. The van der Waals surface area contributed by atoms with E-state index in [2.05, 4.69) is 5.32 Å². The third-order valence-corrected chi connectivity index (χ3v) is 10.7. The lowest BCUT2D eigenvalue weighted by Gasteiger charge is -2.34. The summed E-state index contributed by atoms with van der Waals surface area (Å²) in [5, 5.41) is 3.80. The van der Waals surface area contributed by atoms with Crippen LogP contribution in [0.4, 0.5) is 10.1 Å². The lowest BCUT2D eigenvalue weighted by Crippen LogP contribution is -2.54. The summed E-state index contributed by atoms with van der Waals surface area (Å²) in [4.78, 5) is 29.9. The molecule has 0 radical (unpaired) electrons. The van der Waals surface area contributed by atoms with Crippen molar-refractivity contribution in [3.05, 3.63) is 130 Å². The Kier molecular flexibility index (Phi) is 11.2. The predicted molar refractivity (Wildman–Crippen MR) is 183 cm³/mol. The number of carbonyl (C=O) groups is 2. The Hall–Kier alpha value is -3.92. The van der Waals surface area contributed by atoms with Crippen molar-refractivity contribution in [3.63, 3.8) is 0 Å². The second-order valence-corrected chi connectivity index (χ2v) is 14.4. The number of nitrogens with one attached hydrogen (secondary N) is 1. The van der Waals surface area contributed by atoms with Crippen LogP contribution in [-0.2, 0) is 32.6 Å². The molecular weight excluding hydrogens is 660 g/mol. The Labute approximate surface area is 285 Å². The minimum Gasteiger partial charge on any atom is -0.352 e. The lowest BCUT2D eigenvalue weighted by molar-refractivity contribution is -0.140. The SMILES string of the molecule is Cc1ccc(S(=O)(=O)N(CC(=O)N(Cc2ccc(Cl)cc2Cl)[C@@H](Cc2ccccc2)C(=O)NC2CCCC2)c2ccccc2F)cc1. The van der Waals surface area contributed by atoms with Crippen LogP contribution in [-0.4, -0.2) is 43.8 Å². The predicted octanol–water partition coefficient (Wildman–Crippen LogP) is 7.34. The van der Waals surface area contributed by atoms with Gasteiger partial charge in [0.2, 0.25) is 11.8 Å². The number of sulfonamides is 1. The molecule has 1 aliphatic carbocycles. The number of hydrogen-bond donors (Lipinski definition) is 1. The topological polar surface area (TPSA) is 86.8 Å². The van der Waals surface area contributed by atoms with Crippen molar-refractivity contribution in [2.24, 2.45) is 0 Å². The maximum absolute atomic E-state index is 15.3. The molecule has 4 aromatic rings. The van der Waals surface area contributed by atoms with Crippen molar-refractivity contribution in [2.75, 3.05) is 10.8 Å². The number of halogens is 3. The van der Waals surface area contributed by atoms with Gasteiger partial charge in [-0.3, -0.25) is 13.9 Å². The fourth-order valence-electron chi connectivity index (χ4n) is 5.76. The van der Waals surface area contributed by atoms with Crippen molar-refractivity contribution in [3.8, 4) is 0 Å². The number of amides is 2. The maximum atomic E-state index is 15.3. The van der Waals surface area contributed by atoms with Crippen LogP contribution in [0, 0.1) is 12.7 Å². The highest BCUT2D eigenvalue weighted by atomic mass is 35.5. The Morgan fingerprint density at radius 3 is 2.23 bits per heavy atom. The highest BCUT2D eigenvalue weighted by molar-refractivity contribution is 7.92. The zero-order chi connectivity index (χ0) is 33.6. The monoisotopic (exact) mass is 695 g/mol. The molecule has 1 N–H and O–H groups in total. The number of para-hydroxylation sites is 1. The van der Waals surface area contributed by atoms with Crippen LogP contribution in [0.1, 0.15) is 42.4 Å². The smallest absolute Gasteiger partial charge is 0.264 e. The maximum Gasteiger partial charge on any atom is 0.264 e. The molecule has 1 saturated carbocycles. The van der Waals surface area contributed by atoms with Gasteiger partial charge < -0.3 is 10.2 Å². The molecule has 5 rings (SSSR count). The van der Waals surface area contributed by atoms with Crippen molar-refractivity contribution in [1.29, 1.82) is 0 Å². The van der Waals surface area contributed by atoms with Crippen molar-refractivity contribution in [2.45, 2.75) is 62.6 Å². The van der Waals surface area contributed by atoms with E-state index >= 15 is 4.39 Å². The third-order valence-electron chi connectivity index (χ3n) is 8.34. The lowest BCUT2D eigenvalue weighted by atomic mass is 10.0. The van der Waals surface area contributed by atoms with E-state index in [1.807, 2.05) is 37.3 Å². The molecule has 0 spiro atoms. The number of carbonyl (C=O) groups excluding carboxylic acids is 2. The standard InChI is InChI=1S/C36H36Cl2FN3O4S/c1-25-15-19-30(20-16-25)47(45,46)42(33-14-8-7-13-32(33)39)24-35(43)41(23-27-17-18-28(37)22-31(27)38)34(21-26-9-3-2-4-10-26)36(44)40-29-11-5-6-12-29/h2-4,7-10,13-20,22,29,34H,5-6,11-12,21,23-24H2,1H3,(H,40,44)/t34-/m0/s1. The average molecular weight is 697 g/mol. The van der Waals surface area contributed by atoms with E-state index in [1.165, 1.54) is 35.2 Å². The molecule has 0 bridgehead atoms. The summed E-state index contributed by atoms with van der Waals surface area (Å²) in [6.07, 6.45) is 3.80. The summed E-state index contributed by atoms with van der Waals surface area (Å²) in [5.41, 5.74) is 1.86. The normalized spacial score (nSPS) is 14.0. The van der Waals surface area contributed by atoms with Crippen LogP contribution in [0.2, 0.25) is 10.0 Å². The first-order valence-electron chi connectivity index (χ1n) is 15.4. The van der Waals surface area contributed by atoms with Crippen LogP contribution in [0.25, 0.3) is 0 Å². The van der Waals surface area contributed by atoms with Gasteiger partial charge in [-0.2, -0.15) is 0 Å². The molecule has 0 unspecified atom stereocenters. The molecular formula is C36H36Cl2FN3O4S. The molecule has 246 valence electrons. The molecule has 4 aromatic carbocycles. The Morgan fingerprint density at radius 1 is 0.915 bits per heavy atom. The average Bonchev–Trinajstić information content (AvgIpc) is 3.56. The highest BCUT2D eigenvalue weighted by Crippen LogP contribution is 2.29. The van der Waals surface area contributed by atoms with Gasteiger partial charge in [-0.05, 0) is 67.3 Å². The van der Waals surface area contributed by atoms with E-state index in [4.69, 9.17) is 23.2 Å². The number of aryl methyl sites for hydroxylation is 1. The number of benzene rings is 4. The van der Waals surface area contributed by atoms with Crippen LogP contribution in [0.3, 0.4) is 0 Å². The van der Waals surface area contributed by atoms with E-state index < -0.39 is 34.3 Å². The van der Waals surface area contributed by atoms with Gasteiger partial charge in [-0.15, -0.1) is 0 Å². The molecule has 11 heteroatoms. The van der Waals surface area contributed by atoms with Gasteiger partial charge in [0, 0.05) is 29.1 Å². The molecule has 2 amide bonds. The fourth-order valence-corrected chi connectivity index (χ4v) is 7.65. The highest BCUT2D eigenvalue weighted by Gasteiger charge is 2.36. The largest absolute Gasteiger partial charge is 0.352 e. The Morgan fingerprint density at radius 2 is 1.57 bits per heavy atom. The zero-order valence-electron chi connectivity index (χ0n) is 25.9. The van der Waals surface area contributed by atoms with E-state index in [0.29, 0.717) is 10.6 Å². The van der Waals surface area contributed by atoms with Gasteiger partial charge in [-0.25, -0.2) is 12.8 Å². The molecule has 0 aliphatic heterocycles. The molecule has 1 aliphatic rings. The van der Waals surface area contributed by atoms with E-state index in [0.717, 1.165) is 47.2 Å². The Bertz CT molecular complexity index is 1820. The van der Waals surface area contributed by atoms with E-state index in [9.17, 15) is 18.0 Å².